The largest absolute Gasteiger partial charge is 0.347 e. The molecule has 0 fully saturated rings. The van der Waals surface area contributed by atoms with Gasteiger partial charge in [0.25, 0.3) is 0 Å². The molecule has 3 N–H and O–H groups in total. The van der Waals surface area contributed by atoms with Crippen LogP contribution in [-0.2, 0) is 11.3 Å². The maximum absolute atomic E-state index is 11.7. The van der Waals surface area contributed by atoms with Crippen molar-refractivity contribution in [2.75, 3.05) is 5.32 Å². The highest BCUT2D eigenvalue weighted by Crippen LogP contribution is 2.12. The summed E-state index contributed by atoms with van der Waals surface area (Å²) in [5.74, 6) is -0.124. The number of hydrogen-bond donors (Lipinski definition) is 2. The van der Waals surface area contributed by atoms with Gasteiger partial charge in [0.15, 0.2) is 0 Å². The number of nitrogens with two attached hydrogens (primary N) is 1. The van der Waals surface area contributed by atoms with Gasteiger partial charge in [-0.2, -0.15) is 0 Å². The molecule has 2 rings (SSSR count). The Labute approximate surface area is 122 Å². The van der Waals surface area contributed by atoms with Gasteiger partial charge in [0.05, 0.1) is 6.54 Å². The van der Waals surface area contributed by atoms with Gasteiger partial charge in [-0.25, -0.2) is 9.78 Å². The minimum absolute atomic E-state index is 0.124. The van der Waals surface area contributed by atoms with E-state index in [0.29, 0.717) is 12.2 Å². The van der Waals surface area contributed by atoms with Crippen LogP contribution < -0.4 is 16.7 Å². The molecule has 6 nitrogen and oxygen atoms in total. The van der Waals surface area contributed by atoms with Crippen molar-refractivity contribution in [1.29, 1.82) is 0 Å². The SMILES string of the molecule is CC(N)CC(=O)Nc1cccc(Cn2cccnc2=O)c1. The van der Waals surface area contributed by atoms with Gasteiger partial charge in [0.1, 0.15) is 0 Å². The zero-order valence-corrected chi connectivity index (χ0v) is 11.8. The number of nitrogens with one attached hydrogen (secondary N) is 1. The van der Waals surface area contributed by atoms with Crippen LogP contribution in [0.3, 0.4) is 0 Å². The molecule has 0 spiro atoms. The lowest BCUT2D eigenvalue weighted by molar-refractivity contribution is -0.116. The Morgan fingerprint density at radius 3 is 2.95 bits per heavy atom. The molecule has 1 aromatic carbocycles. The lowest BCUT2D eigenvalue weighted by atomic mass is 10.2. The lowest BCUT2D eigenvalue weighted by Gasteiger charge is -2.09. The van der Waals surface area contributed by atoms with Crippen molar-refractivity contribution in [2.24, 2.45) is 5.73 Å². The zero-order valence-electron chi connectivity index (χ0n) is 11.8. The molecular weight excluding hydrogens is 268 g/mol. The van der Waals surface area contributed by atoms with Crippen molar-refractivity contribution < 1.29 is 4.79 Å². The van der Waals surface area contributed by atoms with Crippen molar-refractivity contribution >= 4 is 11.6 Å². The minimum Gasteiger partial charge on any atom is -0.327 e. The van der Waals surface area contributed by atoms with Gasteiger partial charge in [0, 0.05) is 30.5 Å². The van der Waals surface area contributed by atoms with E-state index in [9.17, 15) is 9.59 Å². The molecule has 2 aromatic rings. The molecule has 110 valence electrons. The summed E-state index contributed by atoms with van der Waals surface area (Å²) < 4.78 is 1.50. The van der Waals surface area contributed by atoms with E-state index >= 15 is 0 Å². The third kappa shape index (κ3) is 4.54. The number of amides is 1. The molecule has 1 aromatic heterocycles. The van der Waals surface area contributed by atoms with E-state index in [-0.39, 0.29) is 24.1 Å². The zero-order chi connectivity index (χ0) is 15.2. The molecule has 0 aliphatic heterocycles. The first-order chi connectivity index (χ1) is 10.0. The van der Waals surface area contributed by atoms with Crippen molar-refractivity contribution in [3.8, 4) is 0 Å². The summed E-state index contributed by atoms with van der Waals surface area (Å²) in [7, 11) is 0. The number of anilines is 1. The smallest absolute Gasteiger partial charge is 0.327 e. The summed E-state index contributed by atoms with van der Waals surface area (Å²) in [5, 5.41) is 2.79. The third-order valence-corrected chi connectivity index (χ3v) is 2.85. The summed E-state index contributed by atoms with van der Waals surface area (Å²) in [5.41, 5.74) is 6.88. The molecule has 0 saturated carbocycles. The van der Waals surface area contributed by atoms with Crippen LogP contribution in [0.5, 0.6) is 0 Å². The third-order valence-electron chi connectivity index (χ3n) is 2.85. The van der Waals surface area contributed by atoms with Gasteiger partial charge in [-0.1, -0.05) is 12.1 Å². The number of carbonyl (C=O) groups excluding carboxylic acids is 1. The van der Waals surface area contributed by atoms with Crippen LogP contribution >= 0.6 is 0 Å². The Morgan fingerprint density at radius 1 is 1.43 bits per heavy atom. The van der Waals surface area contributed by atoms with E-state index in [4.69, 9.17) is 5.73 Å². The van der Waals surface area contributed by atoms with Crippen molar-refractivity contribution in [3.05, 3.63) is 58.8 Å². The molecular formula is C15H18N4O2. The fourth-order valence-electron chi connectivity index (χ4n) is 1.96. The van der Waals surface area contributed by atoms with E-state index in [1.807, 2.05) is 18.2 Å². The number of aromatic nitrogens is 2. The van der Waals surface area contributed by atoms with Crippen molar-refractivity contribution in [2.45, 2.75) is 25.9 Å². The van der Waals surface area contributed by atoms with Crippen LogP contribution in [0.1, 0.15) is 18.9 Å². The lowest BCUT2D eigenvalue weighted by Crippen LogP contribution is -2.24. The average molecular weight is 286 g/mol. The highest BCUT2D eigenvalue weighted by atomic mass is 16.2. The number of hydrogen-bond acceptors (Lipinski definition) is 4. The minimum atomic E-state index is -0.302. The first-order valence-electron chi connectivity index (χ1n) is 6.70. The Hall–Kier alpha value is -2.47. The van der Waals surface area contributed by atoms with E-state index < -0.39 is 0 Å². The summed E-state index contributed by atoms with van der Waals surface area (Å²) in [4.78, 5) is 27.0. The van der Waals surface area contributed by atoms with Crippen LogP contribution in [0.4, 0.5) is 5.69 Å². The molecule has 0 aliphatic carbocycles. The Balaban J connectivity index is 2.09. The maximum Gasteiger partial charge on any atom is 0.347 e. The fraction of sp³-hybridized carbons (Fsp3) is 0.267. The van der Waals surface area contributed by atoms with Crippen LogP contribution in [0.2, 0.25) is 0 Å². The quantitative estimate of drug-likeness (QED) is 0.857. The van der Waals surface area contributed by atoms with Crippen LogP contribution in [0.15, 0.2) is 47.5 Å². The molecule has 1 amide bonds. The van der Waals surface area contributed by atoms with Crippen LogP contribution in [0.25, 0.3) is 0 Å². The second-order valence-electron chi connectivity index (χ2n) is 4.96. The predicted octanol–water partition coefficient (Wildman–Crippen LogP) is 0.967. The summed E-state index contributed by atoms with van der Waals surface area (Å²) >= 11 is 0. The molecule has 1 unspecified atom stereocenters. The Bertz CT molecular complexity index is 679. The van der Waals surface area contributed by atoms with Crippen molar-refractivity contribution in [1.82, 2.24) is 9.55 Å². The van der Waals surface area contributed by atoms with Gasteiger partial charge < -0.3 is 11.1 Å². The highest BCUT2D eigenvalue weighted by molar-refractivity contribution is 5.91. The second-order valence-corrected chi connectivity index (χ2v) is 4.96. The normalized spacial score (nSPS) is 11.9. The molecule has 6 heteroatoms. The van der Waals surface area contributed by atoms with Gasteiger partial charge in [-0.15, -0.1) is 0 Å². The van der Waals surface area contributed by atoms with Crippen molar-refractivity contribution in [3.63, 3.8) is 0 Å². The van der Waals surface area contributed by atoms with E-state index in [2.05, 4.69) is 10.3 Å². The van der Waals surface area contributed by atoms with Crippen LogP contribution in [-0.4, -0.2) is 21.5 Å². The summed E-state index contributed by atoms with van der Waals surface area (Å²) in [6.45, 7) is 2.19. The molecule has 0 radical (unpaired) electrons. The Morgan fingerprint density at radius 2 is 2.24 bits per heavy atom. The standard InChI is InChI=1S/C15H18N4O2/c1-11(16)8-14(20)18-13-5-2-4-12(9-13)10-19-7-3-6-17-15(19)21/h2-7,9,11H,8,10,16H2,1H3,(H,18,20). The fourth-order valence-corrected chi connectivity index (χ4v) is 1.96. The average Bonchev–Trinajstić information content (AvgIpc) is 2.41. The highest BCUT2D eigenvalue weighted by Gasteiger charge is 2.06. The van der Waals surface area contributed by atoms with Gasteiger partial charge in [0.2, 0.25) is 5.91 Å². The molecule has 1 heterocycles. The monoisotopic (exact) mass is 286 g/mol. The van der Waals surface area contributed by atoms with Crippen LogP contribution in [0, 0.1) is 0 Å². The molecule has 0 saturated heterocycles. The molecule has 0 aliphatic rings. The van der Waals surface area contributed by atoms with Gasteiger partial charge >= 0.3 is 5.69 Å². The topological polar surface area (TPSA) is 90.0 Å². The van der Waals surface area contributed by atoms with E-state index in [0.717, 1.165) is 5.56 Å². The number of carbonyl (C=O) groups is 1. The molecule has 21 heavy (non-hydrogen) atoms. The van der Waals surface area contributed by atoms with Gasteiger partial charge in [-0.05, 0) is 30.7 Å². The molecule has 1 atom stereocenters. The van der Waals surface area contributed by atoms with E-state index in [1.165, 1.54) is 10.8 Å². The van der Waals surface area contributed by atoms with E-state index in [1.54, 1.807) is 25.3 Å². The Kier molecular flexibility index (Phi) is 4.84. The first kappa shape index (κ1) is 14.9. The predicted molar refractivity (Wildman–Crippen MR) is 80.9 cm³/mol. The number of benzene rings is 1. The summed E-state index contributed by atoms with van der Waals surface area (Å²) in [6, 6.07) is 8.88. The van der Waals surface area contributed by atoms with Gasteiger partial charge in [-0.3, -0.25) is 9.36 Å². The second kappa shape index (κ2) is 6.81. The first-order valence-corrected chi connectivity index (χ1v) is 6.70. The number of nitrogens with zero attached hydrogens (tertiary/aromatic N) is 2. The summed E-state index contributed by atoms with van der Waals surface area (Å²) in [6.07, 6.45) is 3.41. The number of rotatable bonds is 5. The molecule has 0 bridgehead atoms. The maximum atomic E-state index is 11.7.